The van der Waals surface area contributed by atoms with E-state index in [-0.39, 0.29) is 24.3 Å². The van der Waals surface area contributed by atoms with E-state index in [1.54, 1.807) is 0 Å². The molecule has 0 spiro atoms. The van der Waals surface area contributed by atoms with Crippen molar-refractivity contribution in [2.75, 3.05) is 0 Å². The van der Waals surface area contributed by atoms with Gasteiger partial charge in [-0.3, -0.25) is 4.79 Å². The summed E-state index contributed by atoms with van der Waals surface area (Å²) in [7, 11) is 0. The van der Waals surface area contributed by atoms with Crippen LogP contribution >= 0.6 is 15.9 Å². The standard InChI is InChI=1S/C6H11BrO2.Zn/c1-2-3-4-5(7)6(8)9;/h5H,2-4H2,1H3,(H,8,9);. The first-order valence-corrected chi connectivity index (χ1v) is 3.97. The SMILES string of the molecule is CCCCC(Br)C(=O)O.[Zn]. The van der Waals surface area contributed by atoms with E-state index in [1.165, 1.54) is 0 Å². The molecular formula is C6H11BrO2Zn. The third kappa shape index (κ3) is 6.69. The number of carboxylic acids is 1. The van der Waals surface area contributed by atoms with Crippen LogP contribution in [0.1, 0.15) is 26.2 Å². The first-order valence-electron chi connectivity index (χ1n) is 3.05. The summed E-state index contributed by atoms with van der Waals surface area (Å²) in [6, 6.07) is 0. The molecule has 10 heavy (non-hydrogen) atoms. The Bertz CT molecular complexity index is 97.7. The van der Waals surface area contributed by atoms with Crippen molar-refractivity contribution in [3.05, 3.63) is 0 Å². The number of hydrogen-bond donors (Lipinski definition) is 1. The van der Waals surface area contributed by atoms with Gasteiger partial charge in [0.05, 0.1) is 0 Å². The number of carbonyl (C=O) groups is 1. The van der Waals surface area contributed by atoms with Crippen LogP contribution in [0.15, 0.2) is 0 Å². The molecular weight excluding hydrogens is 249 g/mol. The topological polar surface area (TPSA) is 37.3 Å². The van der Waals surface area contributed by atoms with Gasteiger partial charge in [0, 0.05) is 19.5 Å². The maximum absolute atomic E-state index is 10.2. The second-order valence-electron chi connectivity index (χ2n) is 1.95. The third-order valence-corrected chi connectivity index (χ3v) is 1.93. The molecule has 0 aliphatic rings. The van der Waals surface area contributed by atoms with Crippen LogP contribution < -0.4 is 0 Å². The van der Waals surface area contributed by atoms with E-state index in [9.17, 15) is 4.79 Å². The molecule has 4 heteroatoms. The molecule has 0 amide bonds. The van der Waals surface area contributed by atoms with Crippen molar-refractivity contribution in [1.29, 1.82) is 0 Å². The maximum atomic E-state index is 10.2. The Balaban J connectivity index is 0. The van der Waals surface area contributed by atoms with Gasteiger partial charge < -0.3 is 5.11 Å². The molecule has 1 N–H and O–H groups in total. The quantitative estimate of drug-likeness (QED) is 0.620. The van der Waals surface area contributed by atoms with E-state index in [1.807, 2.05) is 6.92 Å². The predicted octanol–water partition coefficient (Wildman–Crippen LogP) is 2.02. The Morgan fingerprint density at radius 1 is 1.70 bits per heavy atom. The second kappa shape index (κ2) is 7.68. The molecule has 0 rings (SSSR count). The van der Waals surface area contributed by atoms with Crippen molar-refractivity contribution >= 4 is 21.9 Å². The van der Waals surface area contributed by atoms with E-state index in [0.717, 1.165) is 19.3 Å². The van der Waals surface area contributed by atoms with Crippen molar-refractivity contribution < 1.29 is 29.4 Å². The molecule has 0 saturated carbocycles. The van der Waals surface area contributed by atoms with Crippen LogP contribution in [0.2, 0.25) is 0 Å². The number of hydrogen-bond acceptors (Lipinski definition) is 1. The fourth-order valence-corrected chi connectivity index (χ4v) is 0.831. The van der Waals surface area contributed by atoms with Crippen LogP contribution in [0.25, 0.3) is 0 Å². The van der Waals surface area contributed by atoms with Crippen LogP contribution in [-0.2, 0) is 24.3 Å². The van der Waals surface area contributed by atoms with Crippen molar-refractivity contribution in [2.45, 2.75) is 31.0 Å². The summed E-state index contributed by atoms with van der Waals surface area (Å²) in [6.07, 6.45) is 2.75. The molecule has 0 aromatic rings. The van der Waals surface area contributed by atoms with Crippen LogP contribution in [-0.4, -0.2) is 15.9 Å². The zero-order chi connectivity index (χ0) is 7.28. The fourth-order valence-electron chi connectivity index (χ4n) is 0.507. The smallest absolute Gasteiger partial charge is 0.317 e. The van der Waals surface area contributed by atoms with Gasteiger partial charge in [-0.15, -0.1) is 0 Å². The summed E-state index contributed by atoms with van der Waals surface area (Å²) in [5.41, 5.74) is 0. The average molecular weight is 260 g/mol. The van der Waals surface area contributed by atoms with E-state index in [2.05, 4.69) is 15.9 Å². The molecule has 1 atom stereocenters. The van der Waals surface area contributed by atoms with Crippen molar-refractivity contribution in [3.8, 4) is 0 Å². The molecule has 0 aliphatic heterocycles. The predicted molar refractivity (Wildman–Crippen MR) is 39.9 cm³/mol. The van der Waals surface area contributed by atoms with Gasteiger partial charge in [-0.05, 0) is 6.42 Å². The number of halogens is 1. The van der Waals surface area contributed by atoms with E-state index in [0.29, 0.717) is 0 Å². The van der Waals surface area contributed by atoms with Crippen molar-refractivity contribution in [3.63, 3.8) is 0 Å². The maximum Gasteiger partial charge on any atom is 0.317 e. The molecule has 0 heterocycles. The molecule has 0 aromatic heterocycles. The van der Waals surface area contributed by atoms with Gasteiger partial charge in [0.25, 0.3) is 0 Å². The summed E-state index contributed by atoms with van der Waals surface area (Å²) in [5.74, 6) is -0.761. The molecule has 0 aromatic carbocycles. The van der Waals surface area contributed by atoms with Crippen LogP contribution in [0, 0.1) is 0 Å². The minimum absolute atomic E-state index is 0. The molecule has 0 bridgehead atoms. The Hall–Kier alpha value is 0.573. The van der Waals surface area contributed by atoms with Crippen LogP contribution in [0.4, 0.5) is 0 Å². The Morgan fingerprint density at radius 3 is 2.50 bits per heavy atom. The number of rotatable bonds is 4. The van der Waals surface area contributed by atoms with E-state index < -0.39 is 5.97 Å². The molecule has 0 radical (unpaired) electrons. The van der Waals surface area contributed by atoms with Gasteiger partial charge in [-0.25, -0.2) is 0 Å². The van der Waals surface area contributed by atoms with Gasteiger partial charge in [0.15, 0.2) is 0 Å². The second-order valence-corrected chi connectivity index (χ2v) is 3.05. The van der Waals surface area contributed by atoms with Crippen LogP contribution in [0.5, 0.6) is 0 Å². The monoisotopic (exact) mass is 258 g/mol. The van der Waals surface area contributed by atoms with E-state index in [4.69, 9.17) is 5.11 Å². The Labute approximate surface area is 82.3 Å². The molecule has 0 aliphatic carbocycles. The zero-order valence-electron chi connectivity index (χ0n) is 6.14. The summed E-state index contributed by atoms with van der Waals surface area (Å²) in [4.78, 5) is 9.81. The number of aliphatic carboxylic acids is 1. The summed E-state index contributed by atoms with van der Waals surface area (Å²) < 4.78 is 0. The first kappa shape index (κ1) is 13.2. The molecule has 0 saturated heterocycles. The van der Waals surface area contributed by atoms with Gasteiger partial charge in [-0.2, -0.15) is 0 Å². The van der Waals surface area contributed by atoms with Crippen molar-refractivity contribution in [1.82, 2.24) is 0 Å². The first-order chi connectivity index (χ1) is 4.18. The molecule has 56 valence electrons. The summed E-state index contributed by atoms with van der Waals surface area (Å²) in [5, 5.41) is 8.36. The van der Waals surface area contributed by atoms with E-state index >= 15 is 0 Å². The zero-order valence-corrected chi connectivity index (χ0v) is 10.7. The Morgan fingerprint density at radius 2 is 2.20 bits per heavy atom. The largest absolute Gasteiger partial charge is 0.480 e. The summed E-state index contributed by atoms with van der Waals surface area (Å²) in [6.45, 7) is 2.04. The fraction of sp³-hybridized carbons (Fsp3) is 0.833. The number of alkyl halides is 1. The number of unbranched alkanes of at least 4 members (excludes halogenated alkanes) is 1. The third-order valence-electron chi connectivity index (χ3n) is 1.08. The van der Waals surface area contributed by atoms with Crippen molar-refractivity contribution in [2.24, 2.45) is 0 Å². The molecule has 1 unspecified atom stereocenters. The minimum Gasteiger partial charge on any atom is -0.480 e. The van der Waals surface area contributed by atoms with Gasteiger partial charge in [0.1, 0.15) is 4.83 Å². The molecule has 0 fully saturated rings. The summed E-state index contributed by atoms with van der Waals surface area (Å²) >= 11 is 3.04. The van der Waals surface area contributed by atoms with Gasteiger partial charge >= 0.3 is 5.97 Å². The van der Waals surface area contributed by atoms with Gasteiger partial charge in [-0.1, -0.05) is 35.7 Å². The van der Waals surface area contributed by atoms with Gasteiger partial charge in [0.2, 0.25) is 0 Å². The normalized spacial score (nSPS) is 11.8. The minimum atomic E-state index is -0.761. The average Bonchev–Trinajstić information content (AvgIpc) is 1.82. The molecule has 2 nitrogen and oxygen atoms in total. The Kier molecular flexibility index (Phi) is 10.1. The van der Waals surface area contributed by atoms with Crippen LogP contribution in [0.3, 0.4) is 0 Å². The number of carboxylic acid groups (broad SMARTS) is 1.